The minimum absolute atomic E-state index is 0.288. The van der Waals surface area contributed by atoms with Crippen LogP contribution in [-0.4, -0.2) is 118 Å². The van der Waals surface area contributed by atoms with Gasteiger partial charge in [-0.1, -0.05) is 36.4 Å². The second kappa shape index (κ2) is 23.3. The first-order chi connectivity index (χ1) is 28.2. The summed E-state index contributed by atoms with van der Waals surface area (Å²) < 4.78 is 49.8. The average Bonchev–Trinajstić information content (AvgIpc) is 3.80. The summed E-state index contributed by atoms with van der Waals surface area (Å²) in [5.41, 5.74) is 4.53. The molecular weight excluding hydrogens is 873 g/mol. The number of amides is 2. The van der Waals surface area contributed by atoms with Crippen molar-refractivity contribution >= 4 is 117 Å². The zero-order chi connectivity index (χ0) is 43.1. The van der Waals surface area contributed by atoms with Gasteiger partial charge in [-0.15, -0.1) is 11.6 Å². The maximum absolute atomic E-state index is 14.8. The number of benzene rings is 2. The largest absolute Gasteiger partial charge is 0.490 e. The number of ether oxygens (including phenoxy) is 4. The summed E-state index contributed by atoms with van der Waals surface area (Å²) >= 11 is 26.0. The summed E-state index contributed by atoms with van der Waals surface area (Å²) in [6.07, 6.45) is 3.71. The molecule has 0 radical (unpaired) electrons. The van der Waals surface area contributed by atoms with Crippen LogP contribution in [0.5, 0.6) is 0 Å². The Balaban J connectivity index is 0.000000236. The van der Waals surface area contributed by atoms with E-state index in [9.17, 15) is 18.4 Å². The van der Waals surface area contributed by atoms with Gasteiger partial charge in [0.1, 0.15) is 36.5 Å². The lowest BCUT2D eigenvalue weighted by Gasteiger charge is -2.30. The molecule has 2 fully saturated rings. The molecule has 59 heavy (non-hydrogen) atoms. The van der Waals surface area contributed by atoms with Crippen LogP contribution in [-0.2, 0) is 18.9 Å². The number of rotatable bonds is 13. The average molecular weight is 918 g/mol. The third-order valence-corrected chi connectivity index (χ3v) is 10.3. The number of allylic oxidation sites excluding steroid dienone is 1. The molecule has 2 saturated heterocycles. The number of carbonyl (C=O) groups excluding carboxylic acids is 2. The number of hydrogen-bond donors (Lipinski definition) is 1. The Labute approximate surface area is 367 Å². The van der Waals surface area contributed by atoms with Crippen LogP contribution in [0.3, 0.4) is 0 Å². The van der Waals surface area contributed by atoms with Gasteiger partial charge in [0, 0.05) is 36.0 Å². The van der Waals surface area contributed by atoms with Crippen molar-refractivity contribution in [2.45, 2.75) is 37.9 Å². The molecule has 1 N–H and O–H groups in total. The van der Waals surface area contributed by atoms with Crippen LogP contribution in [0.15, 0.2) is 69.8 Å². The molecule has 4 heterocycles. The van der Waals surface area contributed by atoms with E-state index in [1.165, 1.54) is 36.2 Å². The Morgan fingerprint density at radius 2 is 1.32 bits per heavy atom. The zero-order valence-electron chi connectivity index (χ0n) is 32.5. The van der Waals surface area contributed by atoms with E-state index >= 15 is 0 Å². The monoisotopic (exact) mass is 916 g/mol. The molecule has 0 aliphatic carbocycles. The van der Waals surface area contributed by atoms with Gasteiger partial charge in [-0.05, 0) is 73.7 Å². The van der Waals surface area contributed by atoms with E-state index in [0.29, 0.717) is 120 Å². The Morgan fingerprint density at radius 1 is 0.831 bits per heavy atom. The van der Waals surface area contributed by atoms with E-state index in [0.717, 1.165) is 0 Å². The molecule has 0 saturated carbocycles. The summed E-state index contributed by atoms with van der Waals surface area (Å²) in [6, 6.07) is 9.35. The fourth-order valence-corrected chi connectivity index (χ4v) is 6.25. The van der Waals surface area contributed by atoms with Gasteiger partial charge in [-0.3, -0.25) is 14.8 Å². The summed E-state index contributed by atoms with van der Waals surface area (Å²) in [5, 5.41) is 11.8. The van der Waals surface area contributed by atoms with Gasteiger partial charge >= 0.3 is 12.2 Å². The van der Waals surface area contributed by atoms with Crippen LogP contribution in [0.25, 0.3) is 0 Å². The number of cyclic esters (lactones) is 2. The number of hydrogen-bond acceptors (Lipinski definition) is 14. The first-order valence-electron chi connectivity index (χ1n) is 18.2. The van der Waals surface area contributed by atoms with Crippen molar-refractivity contribution in [3.05, 3.63) is 71.3 Å². The fraction of sp³-hybridized carbons (Fsp3) is 0.421. The summed E-state index contributed by atoms with van der Waals surface area (Å²) in [7, 11) is 3.03. The molecule has 2 aromatic rings. The topological polar surface area (TPSA) is 124 Å². The number of nitrogens with one attached hydrogen (secondary N) is 1. The minimum Gasteiger partial charge on any atom is -0.490 e. The number of halogens is 5. The lowest BCUT2D eigenvalue weighted by molar-refractivity contribution is 0.136. The molecule has 2 amide bonds. The standard InChI is InChI=1S/C19H22ClFN4O3S.C16H19FN4O3S.C3H4Cl2/c1-13(20)10-24-8-7-23(12-22-24)17-5-3-14(9-16(17)21)25-11-15(28-19(25)26)4-6-18(29)27-2;1-23-15(25)5-3-12-9-21(16(22)24-12)11-2-4-14(13(17)8-11)20-7-6-18-19-10-20;1-3(5)2-4/h3,5,9,12,15H,1,4,6-8,10-11H2,2H3;2,4,8,10,12,18H,3,5-7,9H2,1H3;1-2H2/t15-;12-;/m00./s1. The van der Waals surface area contributed by atoms with Crippen LogP contribution in [0.1, 0.15) is 25.7 Å². The molecule has 6 rings (SSSR count). The third-order valence-electron chi connectivity index (χ3n) is 8.85. The summed E-state index contributed by atoms with van der Waals surface area (Å²) in [4.78, 5) is 30.5. The Bertz CT molecular complexity index is 1920. The van der Waals surface area contributed by atoms with Gasteiger partial charge in [-0.2, -0.15) is 10.2 Å². The van der Waals surface area contributed by atoms with E-state index in [1.807, 2.05) is 0 Å². The molecule has 0 aromatic heterocycles. The molecule has 21 heteroatoms. The van der Waals surface area contributed by atoms with Crippen molar-refractivity contribution in [1.82, 2.24) is 10.4 Å². The van der Waals surface area contributed by atoms with Gasteiger partial charge in [0.15, 0.2) is 10.1 Å². The van der Waals surface area contributed by atoms with E-state index < -0.39 is 23.8 Å². The maximum atomic E-state index is 14.8. The van der Waals surface area contributed by atoms with Crippen molar-refractivity contribution in [3.63, 3.8) is 0 Å². The van der Waals surface area contributed by atoms with E-state index in [2.05, 4.69) is 28.8 Å². The van der Waals surface area contributed by atoms with Crippen LogP contribution in [0, 0.1) is 11.6 Å². The number of alkyl halides is 1. The predicted octanol–water partition coefficient (Wildman–Crippen LogP) is 7.96. The van der Waals surface area contributed by atoms with Crippen molar-refractivity contribution in [2.75, 3.05) is 85.5 Å². The summed E-state index contributed by atoms with van der Waals surface area (Å²) in [5.74, 6) is -0.509. The normalized spacial score (nSPS) is 18.2. The highest BCUT2D eigenvalue weighted by Gasteiger charge is 2.34. The second-order valence-corrected chi connectivity index (χ2v) is 15.3. The molecular formula is C38H45Cl3F2N8O6S2. The molecule has 0 unspecified atom stereocenters. The van der Waals surface area contributed by atoms with Crippen LogP contribution in [0.2, 0.25) is 0 Å². The molecule has 4 aliphatic heterocycles. The highest BCUT2D eigenvalue weighted by molar-refractivity contribution is 7.80. The minimum atomic E-state index is -0.498. The Hall–Kier alpha value is -4.49. The number of anilines is 4. The first-order valence-corrected chi connectivity index (χ1v) is 20.3. The van der Waals surface area contributed by atoms with Gasteiger partial charge in [0.25, 0.3) is 0 Å². The Morgan fingerprint density at radius 3 is 1.69 bits per heavy atom. The smallest absolute Gasteiger partial charge is 0.414 e. The molecule has 0 spiro atoms. The number of methoxy groups -OCH3 is 2. The van der Waals surface area contributed by atoms with Crippen molar-refractivity contribution in [3.8, 4) is 0 Å². The molecule has 2 atom stereocenters. The SMILES string of the molecule is C=C(Cl)CCl.C=C(Cl)CN1CCN(c2ccc(N3C[C@H](CCC(=S)OC)OC3=O)cc2F)C=N1.COC(=S)CC[C@H]1CN(c2ccc(N3C=NNCC3)c(F)c2)C(=O)O1. The highest BCUT2D eigenvalue weighted by atomic mass is 35.5. The Kier molecular flexibility index (Phi) is 18.7. The number of thiocarbonyl (C=S) groups is 2. The highest BCUT2D eigenvalue weighted by Crippen LogP contribution is 2.30. The zero-order valence-corrected chi connectivity index (χ0v) is 36.4. The van der Waals surface area contributed by atoms with Crippen molar-refractivity contribution in [2.24, 2.45) is 10.2 Å². The predicted molar refractivity (Wildman–Crippen MR) is 238 cm³/mol. The first kappa shape index (κ1) is 47.2. The lowest BCUT2D eigenvalue weighted by Crippen LogP contribution is -2.38. The van der Waals surface area contributed by atoms with E-state index in [4.69, 9.17) is 78.2 Å². The fourth-order valence-electron chi connectivity index (χ4n) is 5.88. The molecule has 2 aromatic carbocycles. The molecule has 0 bridgehead atoms. The van der Waals surface area contributed by atoms with Crippen molar-refractivity contribution in [1.29, 1.82) is 0 Å². The quantitative estimate of drug-likeness (QED) is 0.155. The molecule has 4 aliphatic rings. The van der Waals surface area contributed by atoms with Gasteiger partial charge in [0.2, 0.25) is 0 Å². The van der Waals surface area contributed by atoms with Crippen LogP contribution in [0.4, 0.5) is 41.1 Å². The molecule has 320 valence electrons. The van der Waals surface area contributed by atoms with Crippen LogP contribution >= 0.6 is 59.2 Å². The maximum Gasteiger partial charge on any atom is 0.414 e. The van der Waals surface area contributed by atoms with E-state index in [-0.39, 0.29) is 12.2 Å². The number of nitrogens with zero attached hydrogens (tertiary/aromatic N) is 7. The van der Waals surface area contributed by atoms with Crippen LogP contribution < -0.4 is 25.0 Å². The van der Waals surface area contributed by atoms with Crippen molar-refractivity contribution < 1.29 is 37.3 Å². The number of hydrazone groups is 2. The summed E-state index contributed by atoms with van der Waals surface area (Å²) in [6.45, 7) is 10.5. The van der Waals surface area contributed by atoms with Gasteiger partial charge in [-0.25, -0.2) is 18.4 Å². The molecule has 14 nitrogen and oxygen atoms in total. The third kappa shape index (κ3) is 14.3. The lowest BCUT2D eigenvalue weighted by atomic mass is 10.2. The van der Waals surface area contributed by atoms with Gasteiger partial charge in [0.05, 0.1) is 75.6 Å². The number of carbonyl (C=O) groups is 2. The van der Waals surface area contributed by atoms with E-state index in [1.54, 1.807) is 51.8 Å². The van der Waals surface area contributed by atoms with Gasteiger partial charge < -0.3 is 34.2 Å². The second-order valence-electron chi connectivity index (χ2n) is 13.1.